The Kier molecular flexibility index (Phi) is 4.69. The predicted octanol–water partition coefficient (Wildman–Crippen LogP) is 1.65. The van der Waals surface area contributed by atoms with Gasteiger partial charge in [0.2, 0.25) is 5.91 Å². The van der Waals surface area contributed by atoms with E-state index < -0.39 is 5.97 Å². The molecule has 7 heteroatoms. The van der Waals surface area contributed by atoms with E-state index in [1.54, 1.807) is 11.0 Å². The Morgan fingerprint density at radius 1 is 1.21 bits per heavy atom. The Morgan fingerprint density at radius 3 is 2.79 bits per heavy atom. The fraction of sp³-hybridized carbons (Fsp3) is 0.294. The normalized spacial score (nSPS) is 13.1. The fourth-order valence-electron chi connectivity index (χ4n) is 2.69. The van der Waals surface area contributed by atoms with Gasteiger partial charge in [-0.15, -0.1) is 10.2 Å². The number of ether oxygens (including phenoxy) is 1. The Morgan fingerprint density at radius 2 is 2.04 bits per heavy atom. The molecule has 0 saturated carbocycles. The average Bonchev–Trinajstić information content (AvgIpc) is 2.65. The number of aromatic nitrogens is 2. The van der Waals surface area contributed by atoms with E-state index in [1.165, 1.54) is 18.7 Å². The van der Waals surface area contributed by atoms with E-state index in [9.17, 15) is 9.59 Å². The van der Waals surface area contributed by atoms with Gasteiger partial charge in [0, 0.05) is 12.2 Å². The molecule has 0 aliphatic carbocycles. The number of amides is 1. The lowest BCUT2D eigenvalue weighted by Crippen LogP contribution is -2.39. The number of benzene rings is 1. The molecule has 1 amide bonds. The topological polar surface area (TPSA) is 84.4 Å². The second kappa shape index (κ2) is 7.08. The minimum atomic E-state index is -0.546. The van der Waals surface area contributed by atoms with Crippen molar-refractivity contribution in [3.63, 3.8) is 0 Å². The molecule has 0 saturated heterocycles. The minimum absolute atomic E-state index is 0.0269. The molecule has 24 heavy (non-hydrogen) atoms. The number of hydrogen-bond donors (Lipinski definition) is 1. The highest BCUT2D eigenvalue weighted by atomic mass is 16.5. The second-order valence-electron chi connectivity index (χ2n) is 5.43. The first-order valence-electron chi connectivity index (χ1n) is 7.73. The van der Waals surface area contributed by atoms with Crippen molar-refractivity contribution in [2.75, 3.05) is 30.4 Å². The fourth-order valence-corrected chi connectivity index (χ4v) is 2.69. The van der Waals surface area contributed by atoms with Crippen LogP contribution in [0.15, 0.2) is 36.4 Å². The number of nitrogens with one attached hydrogen (secondary N) is 1. The molecule has 1 aliphatic heterocycles. The van der Waals surface area contributed by atoms with Gasteiger partial charge in [0.05, 0.1) is 13.7 Å². The number of fused-ring (bicyclic) bond motifs is 1. The maximum atomic E-state index is 12.5. The molecule has 1 aromatic carbocycles. The van der Waals surface area contributed by atoms with E-state index >= 15 is 0 Å². The van der Waals surface area contributed by atoms with Crippen LogP contribution in [0.25, 0.3) is 0 Å². The largest absolute Gasteiger partial charge is 0.464 e. The molecule has 2 heterocycles. The molecule has 124 valence electrons. The molecule has 0 fully saturated rings. The zero-order valence-corrected chi connectivity index (χ0v) is 13.4. The Balaban J connectivity index is 1.63. The number of anilines is 2. The van der Waals surface area contributed by atoms with E-state index in [1.807, 2.05) is 18.2 Å². The summed E-state index contributed by atoms with van der Waals surface area (Å²) >= 11 is 0. The molecule has 0 radical (unpaired) electrons. The zero-order valence-electron chi connectivity index (χ0n) is 13.4. The van der Waals surface area contributed by atoms with Crippen molar-refractivity contribution in [1.82, 2.24) is 10.2 Å². The van der Waals surface area contributed by atoms with Crippen LogP contribution in [-0.2, 0) is 16.0 Å². The van der Waals surface area contributed by atoms with Crippen LogP contribution >= 0.6 is 0 Å². The van der Waals surface area contributed by atoms with Crippen molar-refractivity contribution in [1.29, 1.82) is 0 Å². The summed E-state index contributed by atoms with van der Waals surface area (Å²) in [5, 5.41) is 10.6. The van der Waals surface area contributed by atoms with Gasteiger partial charge < -0.3 is 15.0 Å². The quantitative estimate of drug-likeness (QED) is 0.860. The lowest BCUT2D eigenvalue weighted by molar-refractivity contribution is -0.117. The third kappa shape index (κ3) is 3.34. The number of nitrogens with zero attached hydrogens (tertiary/aromatic N) is 3. The van der Waals surface area contributed by atoms with Crippen LogP contribution in [0.5, 0.6) is 0 Å². The van der Waals surface area contributed by atoms with Gasteiger partial charge in [-0.25, -0.2) is 4.79 Å². The molecule has 3 rings (SSSR count). The number of carbonyl (C=O) groups excluding carboxylic acids is 2. The molecule has 2 aromatic rings. The number of para-hydroxylation sites is 1. The van der Waals surface area contributed by atoms with Crippen LogP contribution in [0.3, 0.4) is 0 Å². The number of rotatable bonds is 4. The number of hydrogen-bond acceptors (Lipinski definition) is 6. The molecule has 1 aromatic heterocycles. The van der Waals surface area contributed by atoms with Gasteiger partial charge in [-0.1, -0.05) is 18.2 Å². The van der Waals surface area contributed by atoms with E-state index in [2.05, 4.69) is 26.3 Å². The summed E-state index contributed by atoms with van der Waals surface area (Å²) in [5.41, 5.74) is 2.29. The summed E-state index contributed by atoms with van der Waals surface area (Å²) in [6.07, 6.45) is 1.95. The minimum Gasteiger partial charge on any atom is -0.464 e. The van der Waals surface area contributed by atoms with Gasteiger partial charge in [-0.3, -0.25) is 4.79 Å². The zero-order chi connectivity index (χ0) is 16.9. The molecule has 0 spiro atoms. The molecule has 0 atom stereocenters. The van der Waals surface area contributed by atoms with E-state index in [-0.39, 0.29) is 18.1 Å². The first kappa shape index (κ1) is 15.9. The molecule has 0 bridgehead atoms. The van der Waals surface area contributed by atoms with Gasteiger partial charge in [0.25, 0.3) is 0 Å². The number of aryl methyl sites for hydroxylation is 1. The monoisotopic (exact) mass is 326 g/mol. The maximum Gasteiger partial charge on any atom is 0.358 e. The van der Waals surface area contributed by atoms with Crippen LogP contribution in [0.1, 0.15) is 22.5 Å². The smallest absolute Gasteiger partial charge is 0.358 e. The standard InChI is InChI=1S/C17H18N4O3/c1-24-17(23)13-8-9-15(20-19-13)18-11-16(22)21-10-4-6-12-5-2-3-7-14(12)21/h2-3,5,7-9H,4,6,10-11H2,1H3,(H,18,20). The van der Waals surface area contributed by atoms with Gasteiger partial charge >= 0.3 is 5.97 Å². The molecule has 7 nitrogen and oxygen atoms in total. The first-order valence-corrected chi connectivity index (χ1v) is 7.73. The van der Waals surface area contributed by atoms with E-state index in [0.717, 1.165) is 18.5 Å². The first-order chi connectivity index (χ1) is 11.7. The Labute approximate surface area is 139 Å². The van der Waals surface area contributed by atoms with Gasteiger partial charge in [0.15, 0.2) is 5.69 Å². The molecular formula is C17H18N4O3. The van der Waals surface area contributed by atoms with Crippen LogP contribution < -0.4 is 10.2 Å². The van der Waals surface area contributed by atoms with Crippen LogP contribution in [0, 0.1) is 0 Å². The van der Waals surface area contributed by atoms with Crippen molar-refractivity contribution in [3.05, 3.63) is 47.7 Å². The van der Waals surface area contributed by atoms with Crippen LogP contribution in [0.2, 0.25) is 0 Å². The van der Waals surface area contributed by atoms with Crippen molar-refractivity contribution in [3.8, 4) is 0 Å². The Bertz CT molecular complexity index is 746. The second-order valence-corrected chi connectivity index (χ2v) is 5.43. The lowest BCUT2D eigenvalue weighted by atomic mass is 10.0. The summed E-state index contributed by atoms with van der Waals surface area (Å²) < 4.78 is 4.56. The van der Waals surface area contributed by atoms with Crippen molar-refractivity contribution < 1.29 is 14.3 Å². The summed E-state index contributed by atoms with van der Waals surface area (Å²) in [6.45, 7) is 0.824. The van der Waals surface area contributed by atoms with Crippen molar-refractivity contribution in [2.45, 2.75) is 12.8 Å². The van der Waals surface area contributed by atoms with E-state index in [4.69, 9.17) is 0 Å². The molecular weight excluding hydrogens is 308 g/mol. The highest BCUT2D eigenvalue weighted by Crippen LogP contribution is 2.26. The van der Waals surface area contributed by atoms with Crippen LogP contribution in [0.4, 0.5) is 11.5 Å². The van der Waals surface area contributed by atoms with E-state index in [0.29, 0.717) is 12.4 Å². The van der Waals surface area contributed by atoms with Crippen molar-refractivity contribution >= 4 is 23.4 Å². The van der Waals surface area contributed by atoms with Crippen molar-refractivity contribution in [2.24, 2.45) is 0 Å². The molecule has 1 aliphatic rings. The summed E-state index contributed by atoms with van der Waals surface area (Å²) in [7, 11) is 1.28. The predicted molar refractivity (Wildman–Crippen MR) is 89.0 cm³/mol. The highest BCUT2D eigenvalue weighted by Gasteiger charge is 2.21. The van der Waals surface area contributed by atoms with Gasteiger partial charge in [-0.2, -0.15) is 0 Å². The number of methoxy groups -OCH3 is 1. The SMILES string of the molecule is COC(=O)c1ccc(NCC(=O)N2CCCc3ccccc32)nn1. The maximum absolute atomic E-state index is 12.5. The third-order valence-electron chi connectivity index (χ3n) is 3.89. The summed E-state index contributed by atoms with van der Waals surface area (Å²) in [6, 6.07) is 11.0. The number of carbonyl (C=O) groups is 2. The average molecular weight is 326 g/mol. The lowest BCUT2D eigenvalue weighted by Gasteiger charge is -2.29. The highest BCUT2D eigenvalue weighted by molar-refractivity contribution is 5.97. The summed E-state index contributed by atoms with van der Waals surface area (Å²) in [5.74, 6) is -0.141. The molecule has 0 unspecified atom stereocenters. The summed E-state index contributed by atoms with van der Waals surface area (Å²) in [4.78, 5) is 25.6. The van der Waals surface area contributed by atoms with Gasteiger partial charge in [-0.05, 0) is 36.6 Å². The molecule has 1 N–H and O–H groups in total. The number of esters is 1. The third-order valence-corrected chi connectivity index (χ3v) is 3.89. The van der Waals surface area contributed by atoms with Crippen LogP contribution in [-0.4, -0.2) is 42.3 Å². The Hall–Kier alpha value is -2.96. The van der Waals surface area contributed by atoms with Gasteiger partial charge in [0.1, 0.15) is 5.82 Å².